The van der Waals surface area contributed by atoms with E-state index in [4.69, 9.17) is 37.0 Å². The molecule has 3 N–H and O–H groups in total. The third-order valence-corrected chi connectivity index (χ3v) is 22.8. The monoisotopic (exact) mass is 1540 g/mol. The molecule has 0 saturated heterocycles. The van der Waals surface area contributed by atoms with Gasteiger partial charge in [0.2, 0.25) is 0 Å². The Labute approximate surface area is 645 Å². The zero-order chi connectivity index (χ0) is 77.2. The molecule has 4 unspecified atom stereocenters. The van der Waals surface area contributed by atoms with E-state index >= 15 is 0 Å². The lowest BCUT2D eigenvalue weighted by molar-refractivity contribution is -0.161. The molecule has 0 spiro atoms. The van der Waals surface area contributed by atoms with Crippen molar-refractivity contribution in [3.63, 3.8) is 0 Å². The van der Waals surface area contributed by atoms with Gasteiger partial charge in [-0.3, -0.25) is 37.3 Å². The van der Waals surface area contributed by atoms with E-state index in [0.29, 0.717) is 25.7 Å². The van der Waals surface area contributed by atoms with E-state index in [1.54, 1.807) is 0 Å². The fraction of sp³-hybridized carbons (Fsp3) is 0.953. The summed E-state index contributed by atoms with van der Waals surface area (Å²) >= 11 is 0. The van der Waals surface area contributed by atoms with Gasteiger partial charge in [0.25, 0.3) is 0 Å². The van der Waals surface area contributed by atoms with Crippen molar-refractivity contribution in [1.82, 2.24) is 0 Å². The molecule has 17 nitrogen and oxygen atoms in total. The summed E-state index contributed by atoms with van der Waals surface area (Å²) in [7, 11) is -9.93. The van der Waals surface area contributed by atoms with Crippen LogP contribution < -0.4 is 0 Å². The van der Waals surface area contributed by atoms with Gasteiger partial charge in [-0.25, -0.2) is 9.13 Å². The first-order valence-electron chi connectivity index (χ1n) is 44.4. The number of rotatable bonds is 84. The second-order valence-corrected chi connectivity index (χ2v) is 34.8. The summed E-state index contributed by atoms with van der Waals surface area (Å²) in [6.07, 6.45) is 66.5. The number of esters is 4. The maximum absolute atomic E-state index is 13.1. The number of unbranched alkanes of at least 4 members (excludes halogenated alkanes) is 50. The zero-order valence-electron chi connectivity index (χ0n) is 69.2. The molecule has 0 fully saturated rings. The molecule has 0 heterocycles. The summed E-state index contributed by atoms with van der Waals surface area (Å²) in [6.45, 7) is 12.0. The first kappa shape index (κ1) is 103. The summed E-state index contributed by atoms with van der Waals surface area (Å²) < 4.78 is 68.9. The molecule has 0 amide bonds. The Morgan fingerprint density at radius 3 is 0.724 bits per heavy atom. The lowest BCUT2D eigenvalue weighted by Gasteiger charge is -2.21. The van der Waals surface area contributed by atoms with Gasteiger partial charge in [-0.1, -0.05) is 402 Å². The van der Waals surface area contributed by atoms with E-state index in [2.05, 4.69) is 48.5 Å². The minimum atomic E-state index is -4.97. The molecule has 0 rings (SSSR count). The Bertz CT molecular complexity index is 2030. The molecule has 0 radical (unpaired) electrons. The average Bonchev–Trinajstić information content (AvgIpc) is 0.926. The Morgan fingerprint density at radius 2 is 0.486 bits per heavy atom. The van der Waals surface area contributed by atoms with Crippen molar-refractivity contribution in [1.29, 1.82) is 0 Å². The van der Waals surface area contributed by atoms with Crippen molar-refractivity contribution in [2.45, 2.75) is 471 Å². The van der Waals surface area contributed by atoms with Gasteiger partial charge in [0, 0.05) is 25.7 Å². The van der Waals surface area contributed by atoms with E-state index in [1.165, 1.54) is 263 Å². The van der Waals surface area contributed by atoms with E-state index in [1.807, 2.05) is 0 Å². The van der Waals surface area contributed by atoms with Crippen LogP contribution in [0.15, 0.2) is 0 Å². The van der Waals surface area contributed by atoms with E-state index in [9.17, 15) is 43.2 Å². The number of phosphoric acid groups is 2. The fourth-order valence-electron chi connectivity index (χ4n) is 13.3. The molecule has 0 bridgehead atoms. The highest BCUT2D eigenvalue weighted by atomic mass is 31.2. The Hall–Kier alpha value is -1.94. The molecule has 0 aromatic heterocycles. The lowest BCUT2D eigenvalue weighted by Crippen LogP contribution is -2.30. The standard InChI is InChI=1S/C86H168O17P2/c1-8-11-12-13-14-15-16-17-18-21-25-28-31-39-46-53-60-67-83(88)96-73-81(102-85(90)69-62-55-48-40-32-29-26-23-20-19-22-24-27-30-37-44-51-58-65-78(6)9-2)75-100-104(92,93)98-71-80(87)72-99-105(94,95)101-76-82(74-97-84(89)68-61-54-47-42-35-36-43-50-57-64-77(4)5)103-86(91)70-63-56-49-41-34-33-38-45-52-59-66-79(7)10-3/h77-82,87H,8-76H2,1-7H3,(H,92,93)(H,94,95)/t78?,79?,80-,81-,82-/m1/s1. The highest BCUT2D eigenvalue weighted by Crippen LogP contribution is 2.45. The summed E-state index contributed by atoms with van der Waals surface area (Å²) in [4.78, 5) is 73.2. The van der Waals surface area contributed by atoms with E-state index in [0.717, 1.165) is 108 Å². The summed E-state index contributed by atoms with van der Waals surface area (Å²) in [5.74, 6) is 0.313. The van der Waals surface area contributed by atoms with Gasteiger partial charge in [0.05, 0.1) is 26.4 Å². The number of hydrogen-bond donors (Lipinski definition) is 3. The molecular formula is C86H168O17P2. The second kappa shape index (κ2) is 76.1. The first-order valence-corrected chi connectivity index (χ1v) is 47.4. The summed E-state index contributed by atoms with van der Waals surface area (Å²) in [6, 6.07) is 0. The molecule has 0 aliphatic heterocycles. The highest BCUT2D eigenvalue weighted by molar-refractivity contribution is 7.47. The molecule has 0 aromatic carbocycles. The van der Waals surface area contributed by atoms with Gasteiger partial charge >= 0.3 is 39.5 Å². The Kier molecular flexibility index (Phi) is 74.7. The van der Waals surface area contributed by atoms with Crippen molar-refractivity contribution in [2.75, 3.05) is 39.6 Å². The number of carbonyl (C=O) groups excluding carboxylic acids is 4. The van der Waals surface area contributed by atoms with Gasteiger partial charge in [0.15, 0.2) is 12.2 Å². The van der Waals surface area contributed by atoms with Crippen LogP contribution in [0.5, 0.6) is 0 Å². The minimum Gasteiger partial charge on any atom is -0.462 e. The number of aliphatic hydroxyl groups is 1. The molecule has 105 heavy (non-hydrogen) atoms. The molecule has 624 valence electrons. The van der Waals surface area contributed by atoms with Gasteiger partial charge in [-0.15, -0.1) is 0 Å². The van der Waals surface area contributed by atoms with Crippen LogP contribution in [0.1, 0.15) is 453 Å². The molecule has 0 aliphatic rings. The smallest absolute Gasteiger partial charge is 0.462 e. The maximum Gasteiger partial charge on any atom is 0.472 e. The summed E-state index contributed by atoms with van der Waals surface area (Å²) in [5, 5.41) is 10.7. The van der Waals surface area contributed by atoms with Crippen LogP contribution in [0.3, 0.4) is 0 Å². The van der Waals surface area contributed by atoms with Gasteiger partial charge in [0.1, 0.15) is 19.3 Å². The number of aliphatic hydroxyl groups excluding tert-OH is 1. The number of phosphoric ester groups is 2. The SMILES string of the molecule is CCCCCCCCCCCCCCCCCCCC(=O)OC[C@H](COP(=O)(O)OC[C@@H](O)COP(=O)(O)OC[C@@H](COC(=O)CCCCCCCCCCCC(C)C)OC(=O)CCCCCCCCCCCCC(C)CC)OC(=O)CCCCCCCCCCCCCCCCCCCCC(C)CC. The Morgan fingerprint density at radius 1 is 0.276 bits per heavy atom. The molecule has 7 atom stereocenters. The third kappa shape index (κ3) is 77.2. The predicted octanol–water partition coefficient (Wildman–Crippen LogP) is 26.1. The Balaban J connectivity index is 5.25. The zero-order valence-corrected chi connectivity index (χ0v) is 71.0. The van der Waals surface area contributed by atoms with Gasteiger partial charge in [-0.2, -0.15) is 0 Å². The van der Waals surface area contributed by atoms with Crippen LogP contribution in [0, 0.1) is 17.8 Å². The predicted molar refractivity (Wildman–Crippen MR) is 432 cm³/mol. The van der Waals surface area contributed by atoms with Gasteiger partial charge < -0.3 is 33.8 Å². The van der Waals surface area contributed by atoms with Crippen molar-refractivity contribution in [2.24, 2.45) is 17.8 Å². The first-order chi connectivity index (χ1) is 50.8. The second-order valence-electron chi connectivity index (χ2n) is 31.9. The maximum atomic E-state index is 13.1. The van der Waals surface area contributed by atoms with Crippen LogP contribution in [0.2, 0.25) is 0 Å². The van der Waals surface area contributed by atoms with Crippen LogP contribution in [-0.2, 0) is 65.4 Å². The van der Waals surface area contributed by atoms with Crippen LogP contribution >= 0.6 is 15.6 Å². The average molecular weight is 1540 g/mol. The van der Waals surface area contributed by atoms with Crippen molar-refractivity contribution in [3.8, 4) is 0 Å². The normalized spacial score (nSPS) is 14.4. The molecule has 0 aliphatic carbocycles. The fourth-order valence-corrected chi connectivity index (χ4v) is 14.9. The quantitative estimate of drug-likeness (QED) is 0.0222. The minimum absolute atomic E-state index is 0.106. The molecule has 0 aromatic rings. The van der Waals surface area contributed by atoms with E-state index < -0.39 is 97.5 Å². The van der Waals surface area contributed by atoms with Crippen LogP contribution in [0.4, 0.5) is 0 Å². The third-order valence-electron chi connectivity index (χ3n) is 20.9. The number of carbonyl (C=O) groups is 4. The number of ether oxygens (including phenoxy) is 4. The van der Waals surface area contributed by atoms with Crippen molar-refractivity contribution >= 4 is 39.5 Å². The topological polar surface area (TPSA) is 237 Å². The molecule has 0 saturated carbocycles. The van der Waals surface area contributed by atoms with E-state index in [-0.39, 0.29) is 25.7 Å². The van der Waals surface area contributed by atoms with Crippen molar-refractivity contribution in [3.05, 3.63) is 0 Å². The number of hydrogen-bond acceptors (Lipinski definition) is 15. The summed E-state index contributed by atoms with van der Waals surface area (Å²) in [5.41, 5.74) is 0. The van der Waals surface area contributed by atoms with Crippen molar-refractivity contribution < 1.29 is 80.2 Å². The van der Waals surface area contributed by atoms with Gasteiger partial charge in [-0.05, 0) is 43.4 Å². The lowest BCUT2D eigenvalue weighted by atomic mass is 9.99. The largest absolute Gasteiger partial charge is 0.472 e. The van der Waals surface area contributed by atoms with Crippen LogP contribution in [0.25, 0.3) is 0 Å². The molecular weight excluding hydrogens is 1370 g/mol. The highest BCUT2D eigenvalue weighted by Gasteiger charge is 2.30. The molecule has 19 heteroatoms. The van der Waals surface area contributed by atoms with Crippen LogP contribution in [-0.4, -0.2) is 96.7 Å².